The van der Waals surface area contributed by atoms with Crippen LogP contribution in [0, 0.1) is 0 Å². The summed E-state index contributed by atoms with van der Waals surface area (Å²) in [5, 5.41) is 20.7. The predicted octanol–water partition coefficient (Wildman–Crippen LogP) is 1.67. The lowest BCUT2D eigenvalue weighted by Gasteiger charge is -2.15. The lowest BCUT2D eigenvalue weighted by Crippen LogP contribution is -2.18. The second kappa shape index (κ2) is 7.47. The fraction of sp³-hybridized carbons (Fsp3) is 0.500. The number of aryl methyl sites for hydroxylation is 2. The van der Waals surface area contributed by atoms with Gasteiger partial charge in [0, 0.05) is 18.8 Å². The smallest absolute Gasteiger partial charge is 0.305 e. The summed E-state index contributed by atoms with van der Waals surface area (Å²) in [6.45, 7) is 2.02. The molecule has 1 unspecified atom stereocenters. The molecule has 112 valence electrons. The molecule has 0 amide bonds. The Morgan fingerprint density at radius 1 is 1.43 bits per heavy atom. The highest BCUT2D eigenvalue weighted by Gasteiger charge is 2.19. The summed E-state index contributed by atoms with van der Waals surface area (Å²) in [4.78, 5) is 15.1. The van der Waals surface area contributed by atoms with E-state index in [0.717, 1.165) is 30.7 Å². The maximum Gasteiger partial charge on any atom is 0.305 e. The van der Waals surface area contributed by atoms with E-state index in [4.69, 9.17) is 5.11 Å². The molecule has 2 aromatic heterocycles. The van der Waals surface area contributed by atoms with Crippen molar-refractivity contribution in [1.29, 1.82) is 0 Å². The van der Waals surface area contributed by atoms with Crippen molar-refractivity contribution in [3.05, 3.63) is 35.9 Å². The zero-order valence-corrected chi connectivity index (χ0v) is 12.0. The van der Waals surface area contributed by atoms with Gasteiger partial charge in [-0.15, -0.1) is 5.10 Å². The van der Waals surface area contributed by atoms with Crippen LogP contribution < -0.4 is 0 Å². The van der Waals surface area contributed by atoms with Crippen LogP contribution in [-0.4, -0.2) is 36.3 Å². The Kier molecular flexibility index (Phi) is 5.36. The number of aromatic nitrogens is 5. The van der Waals surface area contributed by atoms with Gasteiger partial charge in [-0.3, -0.25) is 9.78 Å². The average molecular weight is 289 g/mol. The molecule has 2 rings (SSSR count). The van der Waals surface area contributed by atoms with E-state index in [1.54, 1.807) is 10.9 Å². The third-order valence-electron chi connectivity index (χ3n) is 3.30. The fourth-order valence-corrected chi connectivity index (χ4v) is 2.31. The van der Waals surface area contributed by atoms with Crippen molar-refractivity contribution in [1.82, 2.24) is 25.2 Å². The van der Waals surface area contributed by atoms with Crippen molar-refractivity contribution >= 4 is 5.97 Å². The normalized spacial score (nSPS) is 12.2. The van der Waals surface area contributed by atoms with E-state index in [-0.39, 0.29) is 12.5 Å². The molecule has 0 aliphatic rings. The summed E-state index contributed by atoms with van der Waals surface area (Å²) in [6, 6.07) is 3.70. The third-order valence-corrected chi connectivity index (χ3v) is 3.30. The molecule has 7 nitrogen and oxygen atoms in total. The summed E-state index contributed by atoms with van der Waals surface area (Å²) in [5.74, 6) is -0.110. The third kappa shape index (κ3) is 4.34. The molecule has 0 bridgehead atoms. The molecule has 0 aliphatic carbocycles. The average Bonchev–Trinajstić information content (AvgIpc) is 2.94. The van der Waals surface area contributed by atoms with Crippen molar-refractivity contribution in [2.45, 2.75) is 45.1 Å². The van der Waals surface area contributed by atoms with Crippen LogP contribution in [0.5, 0.6) is 0 Å². The van der Waals surface area contributed by atoms with Crippen LogP contribution in [-0.2, 0) is 17.6 Å². The molecule has 0 saturated heterocycles. The Morgan fingerprint density at radius 3 is 2.95 bits per heavy atom. The quantitative estimate of drug-likeness (QED) is 0.794. The first-order chi connectivity index (χ1) is 10.2. The van der Waals surface area contributed by atoms with Gasteiger partial charge in [-0.05, 0) is 34.9 Å². The van der Waals surface area contributed by atoms with Gasteiger partial charge in [0.05, 0.1) is 12.5 Å². The zero-order chi connectivity index (χ0) is 15.1. The topological polar surface area (TPSA) is 93.8 Å². The first-order valence-electron chi connectivity index (χ1n) is 7.08. The minimum Gasteiger partial charge on any atom is -0.481 e. The molecule has 2 aromatic rings. The summed E-state index contributed by atoms with van der Waals surface area (Å²) in [6.07, 6.45) is 6.67. The standard InChI is InChI=1S/C14H19N5O2/c1-2-4-12(9-14(20)21)19-13(16-17-18-19)7-6-11-5-3-8-15-10-11/h3,5,8,10,12H,2,4,6-7,9H2,1H3,(H,20,21). The van der Waals surface area contributed by atoms with Crippen LogP contribution in [0.3, 0.4) is 0 Å². The van der Waals surface area contributed by atoms with E-state index in [1.165, 1.54) is 0 Å². The van der Waals surface area contributed by atoms with Crippen molar-refractivity contribution in [2.24, 2.45) is 0 Å². The molecular weight excluding hydrogens is 270 g/mol. The molecular formula is C14H19N5O2. The number of hydrogen-bond acceptors (Lipinski definition) is 5. The molecule has 1 atom stereocenters. The van der Waals surface area contributed by atoms with Gasteiger partial charge in [0.1, 0.15) is 0 Å². The highest BCUT2D eigenvalue weighted by Crippen LogP contribution is 2.18. The first kappa shape index (κ1) is 15.1. The van der Waals surface area contributed by atoms with Gasteiger partial charge < -0.3 is 5.11 Å². The Bertz CT molecular complexity index is 570. The van der Waals surface area contributed by atoms with E-state index in [2.05, 4.69) is 20.5 Å². The second-order valence-electron chi connectivity index (χ2n) is 4.94. The summed E-state index contributed by atoms with van der Waals surface area (Å²) in [7, 11) is 0. The number of carbonyl (C=O) groups is 1. The van der Waals surface area contributed by atoms with Gasteiger partial charge in [-0.2, -0.15) is 0 Å². The van der Waals surface area contributed by atoms with E-state index in [1.807, 2.05) is 25.3 Å². The lowest BCUT2D eigenvalue weighted by molar-refractivity contribution is -0.138. The zero-order valence-electron chi connectivity index (χ0n) is 12.0. The highest BCUT2D eigenvalue weighted by molar-refractivity contribution is 5.67. The van der Waals surface area contributed by atoms with Crippen LogP contribution in [0.2, 0.25) is 0 Å². The summed E-state index contributed by atoms with van der Waals surface area (Å²) < 4.78 is 1.66. The van der Waals surface area contributed by atoms with E-state index < -0.39 is 5.97 Å². The van der Waals surface area contributed by atoms with Crippen molar-refractivity contribution in [3.63, 3.8) is 0 Å². The van der Waals surface area contributed by atoms with E-state index in [9.17, 15) is 4.79 Å². The maximum atomic E-state index is 11.0. The van der Waals surface area contributed by atoms with Gasteiger partial charge in [0.25, 0.3) is 0 Å². The highest BCUT2D eigenvalue weighted by atomic mass is 16.4. The summed E-state index contributed by atoms with van der Waals surface area (Å²) >= 11 is 0. The van der Waals surface area contributed by atoms with Crippen molar-refractivity contribution < 1.29 is 9.90 Å². The number of tetrazole rings is 1. The monoisotopic (exact) mass is 289 g/mol. The number of rotatable bonds is 8. The largest absolute Gasteiger partial charge is 0.481 e. The predicted molar refractivity (Wildman–Crippen MR) is 75.7 cm³/mol. The SMILES string of the molecule is CCCC(CC(=O)O)n1nnnc1CCc1cccnc1. The molecule has 21 heavy (non-hydrogen) atoms. The number of nitrogens with zero attached hydrogens (tertiary/aromatic N) is 5. The lowest BCUT2D eigenvalue weighted by atomic mass is 10.1. The molecule has 0 aromatic carbocycles. The molecule has 0 spiro atoms. The van der Waals surface area contributed by atoms with Gasteiger partial charge in [-0.1, -0.05) is 19.4 Å². The van der Waals surface area contributed by atoms with Crippen LogP contribution in [0.15, 0.2) is 24.5 Å². The molecule has 1 N–H and O–H groups in total. The van der Waals surface area contributed by atoms with Crippen molar-refractivity contribution in [2.75, 3.05) is 0 Å². The minimum atomic E-state index is -0.831. The van der Waals surface area contributed by atoms with Gasteiger partial charge >= 0.3 is 5.97 Å². The fourth-order valence-electron chi connectivity index (χ4n) is 2.31. The van der Waals surface area contributed by atoms with Crippen LogP contribution >= 0.6 is 0 Å². The number of aliphatic carboxylic acids is 1. The van der Waals surface area contributed by atoms with Gasteiger partial charge in [-0.25, -0.2) is 4.68 Å². The minimum absolute atomic E-state index is 0.0404. The molecule has 7 heteroatoms. The maximum absolute atomic E-state index is 11.0. The second-order valence-corrected chi connectivity index (χ2v) is 4.94. The molecule has 0 aliphatic heterocycles. The first-order valence-corrected chi connectivity index (χ1v) is 7.08. The van der Waals surface area contributed by atoms with Gasteiger partial charge in [0.15, 0.2) is 5.82 Å². The van der Waals surface area contributed by atoms with E-state index >= 15 is 0 Å². The van der Waals surface area contributed by atoms with Crippen LogP contribution in [0.4, 0.5) is 0 Å². The molecule has 0 radical (unpaired) electrons. The molecule has 2 heterocycles. The van der Waals surface area contributed by atoms with Crippen LogP contribution in [0.25, 0.3) is 0 Å². The Hall–Kier alpha value is -2.31. The molecule has 0 fully saturated rings. The summed E-state index contributed by atoms with van der Waals surface area (Å²) in [5.41, 5.74) is 1.11. The number of hydrogen-bond donors (Lipinski definition) is 1. The molecule has 0 saturated carbocycles. The van der Waals surface area contributed by atoms with Crippen LogP contribution in [0.1, 0.15) is 43.6 Å². The van der Waals surface area contributed by atoms with Crippen molar-refractivity contribution in [3.8, 4) is 0 Å². The van der Waals surface area contributed by atoms with E-state index in [0.29, 0.717) is 6.42 Å². The Labute approximate surface area is 123 Å². The van der Waals surface area contributed by atoms with Gasteiger partial charge in [0.2, 0.25) is 0 Å². The Balaban J connectivity index is 2.07. The Morgan fingerprint density at radius 2 is 2.29 bits per heavy atom. The number of carboxylic acids is 1. The number of carboxylic acid groups (broad SMARTS) is 1. The number of pyridine rings is 1.